The van der Waals surface area contributed by atoms with Crippen molar-refractivity contribution in [2.75, 3.05) is 13.1 Å². The second-order valence-corrected chi connectivity index (χ2v) is 4.14. The highest BCUT2D eigenvalue weighted by molar-refractivity contribution is 5.67. The summed E-state index contributed by atoms with van der Waals surface area (Å²) in [4.78, 5) is 25.8. The van der Waals surface area contributed by atoms with Gasteiger partial charge in [-0.1, -0.05) is 0 Å². The number of nitrogens with zero attached hydrogens (tertiary/aromatic N) is 1. The number of hydrogen-bond donors (Lipinski definition) is 0. The molecule has 78 valence electrons. The third-order valence-corrected chi connectivity index (χ3v) is 3.50. The summed E-state index contributed by atoms with van der Waals surface area (Å²) in [5.41, 5.74) is 0.120. The highest BCUT2D eigenvalue weighted by Crippen LogP contribution is 2.58. The fourth-order valence-electron chi connectivity index (χ4n) is 2.33. The highest BCUT2D eigenvalue weighted by Gasteiger charge is 2.55. The molecular formula is C9H12FNO3. The summed E-state index contributed by atoms with van der Waals surface area (Å²) < 4.78 is 11.6. The maximum absolute atomic E-state index is 11.6. The van der Waals surface area contributed by atoms with Crippen molar-refractivity contribution in [3.8, 4) is 0 Å². The molecule has 5 heteroatoms. The van der Waals surface area contributed by atoms with Crippen LogP contribution in [0.25, 0.3) is 0 Å². The number of halogens is 1. The SMILES string of the molecule is O=CC1CC12CCN(C(=O)OF)CC2. The number of rotatable bonds is 1. The molecule has 2 fully saturated rings. The molecule has 1 saturated carbocycles. The van der Waals surface area contributed by atoms with Gasteiger partial charge in [0.15, 0.2) is 0 Å². The Morgan fingerprint density at radius 3 is 2.57 bits per heavy atom. The van der Waals surface area contributed by atoms with E-state index in [-0.39, 0.29) is 11.3 Å². The van der Waals surface area contributed by atoms with Gasteiger partial charge in [0, 0.05) is 23.5 Å². The zero-order valence-corrected chi connectivity index (χ0v) is 7.74. The number of hydrogen-bond acceptors (Lipinski definition) is 3. The van der Waals surface area contributed by atoms with Crippen molar-refractivity contribution in [3.63, 3.8) is 0 Å². The lowest BCUT2D eigenvalue weighted by atomic mass is 9.91. The van der Waals surface area contributed by atoms with Crippen LogP contribution in [0.15, 0.2) is 0 Å². The number of piperidine rings is 1. The molecule has 1 unspecified atom stereocenters. The fourth-order valence-corrected chi connectivity index (χ4v) is 2.33. The molecule has 0 aromatic carbocycles. The van der Waals surface area contributed by atoms with E-state index in [1.807, 2.05) is 0 Å². The molecule has 4 nitrogen and oxygen atoms in total. The average molecular weight is 201 g/mol. The monoisotopic (exact) mass is 201 g/mol. The van der Waals surface area contributed by atoms with Crippen LogP contribution in [0.2, 0.25) is 0 Å². The lowest BCUT2D eigenvalue weighted by Crippen LogP contribution is -2.39. The smallest absolute Gasteiger partial charge is 0.306 e. The van der Waals surface area contributed by atoms with Gasteiger partial charge in [-0.3, -0.25) is 0 Å². The quantitative estimate of drug-likeness (QED) is 0.601. The van der Waals surface area contributed by atoms with E-state index in [1.54, 1.807) is 0 Å². The molecule has 2 aliphatic rings. The van der Waals surface area contributed by atoms with Gasteiger partial charge < -0.3 is 9.69 Å². The van der Waals surface area contributed by atoms with Crippen LogP contribution in [-0.4, -0.2) is 30.4 Å². The van der Waals surface area contributed by atoms with Crippen LogP contribution in [0.1, 0.15) is 19.3 Å². The van der Waals surface area contributed by atoms with Gasteiger partial charge in [-0.25, -0.2) is 9.74 Å². The second kappa shape index (κ2) is 3.22. The Morgan fingerprint density at radius 1 is 1.50 bits per heavy atom. The summed E-state index contributed by atoms with van der Waals surface area (Å²) in [6.07, 6.45) is 2.57. The number of carbonyl (C=O) groups is 2. The summed E-state index contributed by atoms with van der Waals surface area (Å²) in [6, 6.07) is 0. The second-order valence-electron chi connectivity index (χ2n) is 4.14. The summed E-state index contributed by atoms with van der Waals surface area (Å²) in [7, 11) is 0. The minimum atomic E-state index is -0.914. The predicted octanol–water partition coefficient (Wildman–Crippen LogP) is 1.31. The van der Waals surface area contributed by atoms with Crippen LogP contribution in [0.4, 0.5) is 9.32 Å². The Labute approximate surface area is 80.9 Å². The molecule has 1 spiro atoms. The first-order chi connectivity index (χ1) is 6.72. The van der Waals surface area contributed by atoms with Crippen LogP contribution in [0.5, 0.6) is 0 Å². The molecule has 14 heavy (non-hydrogen) atoms. The van der Waals surface area contributed by atoms with E-state index in [2.05, 4.69) is 4.94 Å². The first-order valence-corrected chi connectivity index (χ1v) is 4.75. The zero-order chi connectivity index (χ0) is 10.2. The lowest BCUT2D eigenvalue weighted by Gasteiger charge is -2.30. The van der Waals surface area contributed by atoms with Gasteiger partial charge in [0.05, 0.1) is 0 Å². The summed E-state index contributed by atoms with van der Waals surface area (Å²) in [6.45, 7) is 0.986. The van der Waals surface area contributed by atoms with Gasteiger partial charge in [-0.2, -0.15) is 0 Å². The van der Waals surface area contributed by atoms with Gasteiger partial charge in [-0.15, -0.1) is 0 Å². The predicted molar refractivity (Wildman–Crippen MR) is 45.0 cm³/mol. The molecule has 0 radical (unpaired) electrons. The van der Waals surface area contributed by atoms with Gasteiger partial charge in [-0.05, 0) is 24.7 Å². The molecule has 1 atom stereocenters. The van der Waals surface area contributed by atoms with Crippen LogP contribution in [0.3, 0.4) is 0 Å². The molecule has 1 aliphatic carbocycles. The van der Waals surface area contributed by atoms with Crippen LogP contribution < -0.4 is 0 Å². The van der Waals surface area contributed by atoms with Crippen LogP contribution in [0, 0.1) is 11.3 Å². The minimum absolute atomic E-state index is 0.120. The van der Waals surface area contributed by atoms with E-state index in [1.165, 1.54) is 4.90 Å². The van der Waals surface area contributed by atoms with Crippen molar-refractivity contribution in [1.82, 2.24) is 4.90 Å². The van der Waals surface area contributed by atoms with Crippen molar-refractivity contribution in [1.29, 1.82) is 0 Å². The first-order valence-electron chi connectivity index (χ1n) is 4.75. The zero-order valence-electron chi connectivity index (χ0n) is 7.74. The fraction of sp³-hybridized carbons (Fsp3) is 0.778. The number of aldehydes is 1. The number of likely N-dealkylation sites (tertiary alicyclic amines) is 1. The summed E-state index contributed by atoms with van der Waals surface area (Å²) in [5, 5.41) is 0. The van der Waals surface area contributed by atoms with E-state index in [0.29, 0.717) is 13.1 Å². The molecule has 1 saturated heterocycles. The standard InChI is InChI=1S/C9H12FNO3/c10-14-8(13)11-3-1-9(2-4-11)5-7(9)6-12/h6-7H,1-5H2. The molecule has 1 aliphatic heterocycles. The van der Waals surface area contributed by atoms with Gasteiger partial charge in [0.25, 0.3) is 0 Å². The largest absolute Gasteiger partial charge is 0.447 e. The summed E-state index contributed by atoms with van der Waals surface area (Å²) in [5.74, 6) is 0.158. The maximum Gasteiger partial charge on any atom is 0.447 e. The van der Waals surface area contributed by atoms with E-state index >= 15 is 0 Å². The molecule has 0 aromatic rings. The minimum Gasteiger partial charge on any atom is -0.306 e. The van der Waals surface area contributed by atoms with Crippen LogP contribution >= 0.6 is 0 Å². The molecule has 1 heterocycles. The van der Waals surface area contributed by atoms with Crippen molar-refractivity contribution in [2.24, 2.45) is 11.3 Å². The molecular weight excluding hydrogens is 189 g/mol. The molecule has 0 bridgehead atoms. The molecule has 2 rings (SSSR count). The van der Waals surface area contributed by atoms with E-state index < -0.39 is 6.09 Å². The number of carbonyl (C=O) groups excluding carboxylic acids is 2. The Balaban J connectivity index is 1.87. The number of amides is 1. The lowest BCUT2D eigenvalue weighted by molar-refractivity contribution is -0.109. The first kappa shape index (κ1) is 9.43. The van der Waals surface area contributed by atoms with Crippen molar-refractivity contribution >= 4 is 12.4 Å². The van der Waals surface area contributed by atoms with Crippen LogP contribution in [-0.2, 0) is 9.74 Å². The van der Waals surface area contributed by atoms with Gasteiger partial charge >= 0.3 is 6.09 Å². The maximum atomic E-state index is 11.6. The van der Waals surface area contributed by atoms with Gasteiger partial charge in [0.2, 0.25) is 0 Å². The van der Waals surface area contributed by atoms with E-state index in [4.69, 9.17) is 0 Å². The van der Waals surface area contributed by atoms with Crippen molar-refractivity contribution < 1.29 is 19.1 Å². The third-order valence-electron chi connectivity index (χ3n) is 3.50. The van der Waals surface area contributed by atoms with E-state index in [0.717, 1.165) is 25.5 Å². The molecule has 1 amide bonds. The van der Waals surface area contributed by atoms with E-state index in [9.17, 15) is 14.1 Å². The Kier molecular flexibility index (Phi) is 2.17. The Bertz CT molecular complexity index is 261. The Morgan fingerprint density at radius 2 is 2.14 bits per heavy atom. The van der Waals surface area contributed by atoms with Gasteiger partial charge in [0.1, 0.15) is 6.29 Å². The summed E-state index contributed by atoms with van der Waals surface area (Å²) >= 11 is 0. The Hall–Kier alpha value is -1.13. The molecule has 0 N–H and O–H groups in total. The highest BCUT2D eigenvalue weighted by atomic mass is 19.3. The average Bonchev–Trinajstić information content (AvgIpc) is 2.91. The normalized spacial score (nSPS) is 28.6. The topological polar surface area (TPSA) is 46.6 Å². The van der Waals surface area contributed by atoms with Crippen molar-refractivity contribution in [3.05, 3.63) is 0 Å². The molecule has 0 aromatic heterocycles. The van der Waals surface area contributed by atoms with Crippen molar-refractivity contribution in [2.45, 2.75) is 19.3 Å². The third kappa shape index (κ3) is 1.36.